The average molecular weight is 237 g/mol. The fourth-order valence-corrected chi connectivity index (χ4v) is 1.45. The Morgan fingerprint density at radius 2 is 1.82 bits per heavy atom. The maximum Gasteiger partial charge on any atom is 0.326 e. The molecule has 0 heterocycles. The summed E-state index contributed by atoms with van der Waals surface area (Å²) in [5, 5.41) is 20.3. The summed E-state index contributed by atoms with van der Waals surface area (Å²) in [5.41, 5.74) is 0.718. The lowest BCUT2D eigenvalue weighted by molar-refractivity contribution is -0.139. The van der Waals surface area contributed by atoms with Gasteiger partial charge in [-0.25, -0.2) is 4.79 Å². The van der Waals surface area contributed by atoms with Crippen molar-refractivity contribution < 1.29 is 19.8 Å². The molecule has 0 bridgehead atoms. The van der Waals surface area contributed by atoms with Crippen molar-refractivity contribution in [1.29, 1.82) is 0 Å². The molecular weight excluding hydrogens is 222 g/mol. The van der Waals surface area contributed by atoms with Gasteiger partial charge >= 0.3 is 11.9 Å². The average Bonchev–Trinajstić information content (AvgIpc) is 2.28. The van der Waals surface area contributed by atoms with Crippen molar-refractivity contribution in [2.24, 2.45) is 0 Å². The monoisotopic (exact) mass is 237 g/mol. The van der Waals surface area contributed by atoms with Crippen LogP contribution in [-0.4, -0.2) is 28.2 Å². The van der Waals surface area contributed by atoms with Gasteiger partial charge in [-0.05, 0) is 25.0 Å². The third-order valence-corrected chi connectivity index (χ3v) is 2.30. The lowest BCUT2D eigenvalue weighted by atomic mass is 10.1. The number of para-hydroxylation sites is 1. The van der Waals surface area contributed by atoms with Gasteiger partial charge in [0, 0.05) is 12.1 Å². The predicted molar refractivity (Wildman–Crippen MR) is 63.0 cm³/mol. The number of anilines is 1. The van der Waals surface area contributed by atoms with Gasteiger partial charge in [-0.2, -0.15) is 0 Å². The minimum absolute atomic E-state index is 0.0136. The van der Waals surface area contributed by atoms with Gasteiger partial charge in [0.15, 0.2) is 0 Å². The second kappa shape index (κ2) is 6.52. The molecule has 0 radical (unpaired) electrons. The van der Waals surface area contributed by atoms with E-state index < -0.39 is 18.0 Å². The molecule has 5 heteroatoms. The van der Waals surface area contributed by atoms with Gasteiger partial charge < -0.3 is 15.5 Å². The van der Waals surface area contributed by atoms with E-state index >= 15 is 0 Å². The fraction of sp³-hybridized carbons (Fsp3) is 0.333. The highest BCUT2D eigenvalue weighted by Gasteiger charge is 2.16. The Kier molecular flexibility index (Phi) is 5.00. The summed E-state index contributed by atoms with van der Waals surface area (Å²) in [6, 6.07) is 8.24. The molecule has 1 aromatic carbocycles. The van der Waals surface area contributed by atoms with E-state index in [-0.39, 0.29) is 12.8 Å². The summed E-state index contributed by atoms with van der Waals surface area (Å²) in [7, 11) is 0. The Morgan fingerprint density at radius 3 is 2.35 bits per heavy atom. The first-order valence-electron chi connectivity index (χ1n) is 5.36. The number of hydrogen-bond donors (Lipinski definition) is 3. The fourth-order valence-electron chi connectivity index (χ4n) is 1.45. The van der Waals surface area contributed by atoms with Crippen LogP contribution in [0.25, 0.3) is 0 Å². The molecule has 17 heavy (non-hydrogen) atoms. The molecule has 0 spiro atoms. The molecule has 1 atom stereocenters. The van der Waals surface area contributed by atoms with Gasteiger partial charge in [0.2, 0.25) is 0 Å². The number of carboxylic acid groups (broad SMARTS) is 2. The number of rotatable bonds is 7. The van der Waals surface area contributed by atoms with Gasteiger partial charge in [-0.3, -0.25) is 4.79 Å². The second-order valence-electron chi connectivity index (χ2n) is 3.69. The number of carboxylic acids is 2. The van der Waals surface area contributed by atoms with E-state index in [1.54, 1.807) is 24.3 Å². The molecule has 0 aliphatic carbocycles. The van der Waals surface area contributed by atoms with Crippen molar-refractivity contribution in [3.8, 4) is 0 Å². The van der Waals surface area contributed by atoms with Crippen LogP contribution in [0.3, 0.4) is 0 Å². The molecular formula is C12H15NO4. The van der Waals surface area contributed by atoms with Gasteiger partial charge in [-0.15, -0.1) is 0 Å². The summed E-state index contributed by atoms with van der Waals surface area (Å²) in [4.78, 5) is 21.3. The van der Waals surface area contributed by atoms with E-state index in [9.17, 15) is 9.59 Å². The van der Waals surface area contributed by atoms with Gasteiger partial charge in [0.25, 0.3) is 0 Å². The Balaban J connectivity index is 2.49. The highest BCUT2D eigenvalue weighted by Crippen LogP contribution is 2.11. The van der Waals surface area contributed by atoms with E-state index in [4.69, 9.17) is 10.2 Å². The van der Waals surface area contributed by atoms with Crippen molar-refractivity contribution >= 4 is 17.6 Å². The first kappa shape index (κ1) is 13.0. The number of nitrogens with one attached hydrogen (secondary N) is 1. The SMILES string of the molecule is O=C(O)CCCC(Nc1ccccc1)C(=O)O. The molecule has 0 aromatic heterocycles. The highest BCUT2D eigenvalue weighted by molar-refractivity contribution is 5.77. The number of hydrogen-bond acceptors (Lipinski definition) is 3. The van der Waals surface area contributed by atoms with Crippen LogP contribution in [0.1, 0.15) is 19.3 Å². The molecule has 0 amide bonds. The Bertz CT molecular complexity index is 377. The van der Waals surface area contributed by atoms with Crippen molar-refractivity contribution in [3.05, 3.63) is 30.3 Å². The van der Waals surface area contributed by atoms with Crippen molar-refractivity contribution in [2.75, 3.05) is 5.32 Å². The highest BCUT2D eigenvalue weighted by atomic mass is 16.4. The topological polar surface area (TPSA) is 86.6 Å². The maximum atomic E-state index is 11.0. The molecule has 1 unspecified atom stereocenters. The number of carbonyl (C=O) groups is 2. The zero-order chi connectivity index (χ0) is 12.7. The Morgan fingerprint density at radius 1 is 1.18 bits per heavy atom. The van der Waals surface area contributed by atoms with Crippen LogP contribution >= 0.6 is 0 Å². The van der Waals surface area contributed by atoms with Crippen LogP contribution in [0.15, 0.2) is 30.3 Å². The van der Waals surface area contributed by atoms with E-state index in [2.05, 4.69) is 5.32 Å². The molecule has 1 rings (SSSR count). The van der Waals surface area contributed by atoms with E-state index in [1.165, 1.54) is 0 Å². The molecule has 0 fully saturated rings. The molecule has 0 saturated heterocycles. The maximum absolute atomic E-state index is 11.0. The molecule has 5 nitrogen and oxygen atoms in total. The Hall–Kier alpha value is -2.04. The summed E-state index contributed by atoms with van der Waals surface area (Å²) >= 11 is 0. The zero-order valence-electron chi connectivity index (χ0n) is 9.30. The second-order valence-corrected chi connectivity index (χ2v) is 3.69. The third-order valence-electron chi connectivity index (χ3n) is 2.30. The van der Waals surface area contributed by atoms with Crippen LogP contribution in [0.2, 0.25) is 0 Å². The summed E-state index contributed by atoms with van der Waals surface area (Å²) in [6.07, 6.45) is 0.614. The molecule has 92 valence electrons. The molecule has 0 aliphatic heterocycles. The van der Waals surface area contributed by atoms with Crippen LogP contribution in [-0.2, 0) is 9.59 Å². The van der Waals surface area contributed by atoms with E-state index in [0.29, 0.717) is 6.42 Å². The molecule has 0 aliphatic rings. The lowest BCUT2D eigenvalue weighted by Crippen LogP contribution is -2.29. The number of benzene rings is 1. The molecule has 1 aromatic rings. The van der Waals surface area contributed by atoms with Gasteiger partial charge in [0.1, 0.15) is 6.04 Å². The quantitative estimate of drug-likeness (QED) is 0.673. The van der Waals surface area contributed by atoms with Crippen LogP contribution in [0.5, 0.6) is 0 Å². The van der Waals surface area contributed by atoms with Gasteiger partial charge in [-0.1, -0.05) is 18.2 Å². The minimum atomic E-state index is -0.973. The van der Waals surface area contributed by atoms with Gasteiger partial charge in [0.05, 0.1) is 0 Å². The molecule has 0 saturated carbocycles. The molecule has 3 N–H and O–H groups in total. The van der Waals surface area contributed by atoms with Crippen LogP contribution in [0.4, 0.5) is 5.69 Å². The Labute approximate surface area is 99.1 Å². The van der Waals surface area contributed by atoms with E-state index in [0.717, 1.165) is 5.69 Å². The summed E-state index contributed by atoms with van der Waals surface area (Å²) in [6.45, 7) is 0. The zero-order valence-corrected chi connectivity index (χ0v) is 9.30. The summed E-state index contributed by atoms with van der Waals surface area (Å²) < 4.78 is 0. The van der Waals surface area contributed by atoms with Crippen molar-refractivity contribution in [2.45, 2.75) is 25.3 Å². The minimum Gasteiger partial charge on any atom is -0.481 e. The number of aliphatic carboxylic acids is 2. The standard InChI is InChI=1S/C12H15NO4/c14-11(15)8-4-7-10(12(16)17)13-9-5-2-1-3-6-9/h1-3,5-6,10,13H,4,7-8H2,(H,14,15)(H,16,17). The van der Waals surface area contributed by atoms with Crippen LogP contribution in [0, 0.1) is 0 Å². The lowest BCUT2D eigenvalue weighted by Gasteiger charge is -2.15. The van der Waals surface area contributed by atoms with Crippen molar-refractivity contribution in [1.82, 2.24) is 0 Å². The summed E-state index contributed by atoms with van der Waals surface area (Å²) in [5.74, 6) is -1.88. The predicted octanol–water partition coefficient (Wildman–Crippen LogP) is 1.81. The third kappa shape index (κ3) is 5.01. The first-order valence-corrected chi connectivity index (χ1v) is 5.36. The smallest absolute Gasteiger partial charge is 0.326 e. The first-order chi connectivity index (χ1) is 8.09. The normalized spacial score (nSPS) is 11.8. The van der Waals surface area contributed by atoms with Crippen LogP contribution < -0.4 is 5.32 Å². The largest absolute Gasteiger partial charge is 0.481 e. The van der Waals surface area contributed by atoms with Crippen molar-refractivity contribution in [3.63, 3.8) is 0 Å². The van der Waals surface area contributed by atoms with E-state index in [1.807, 2.05) is 6.07 Å².